The van der Waals surface area contributed by atoms with Gasteiger partial charge >= 0.3 is 0 Å². The van der Waals surface area contributed by atoms with Gasteiger partial charge in [-0.1, -0.05) is 19.9 Å². The summed E-state index contributed by atoms with van der Waals surface area (Å²) in [4.78, 5) is 22.6. The smallest absolute Gasteiger partial charge is 0.243 e. The number of hydrogen-bond acceptors (Lipinski definition) is 4. The second kappa shape index (κ2) is 7.46. The number of fused-ring (bicyclic) bond motifs is 1. The number of unbranched alkanes of at least 4 members (excludes halogenated alkanes) is 2. The van der Waals surface area contributed by atoms with Crippen LogP contribution in [-0.2, 0) is 15.0 Å². The van der Waals surface area contributed by atoms with Crippen molar-refractivity contribution in [2.75, 3.05) is 11.9 Å². The van der Waals surface area contributed by atoms with Crippen molar-refractivity contribution < 1.29 is 19.5 Å². The van der Waals surface area contributed by atoms with Gasteiger partial charge in [0.05, 0.1) is 6.61 Å². The third-order valence-electron chi connectivity index (χ3n) is 4.04. The number of ether oxygens (including phenoxy) is 1. The van der Waals surface area contributed by atoms with E-state index in [1.54, 1.807) is 5.48 Å². The minimum atomic E-state index is -0.362. The highest BCUT2D eigenvalue weighted by molar-refractivity contribution is 5.95. The third kappa shape index (κ3) is 4.69. The first-order valence-corrected chi connectivity index (χ1v) is 7.92. The maximum atomic E-state index is 11.8. The number of carbonyl (C=O) groups is 2. The van der Waals surface area contributed by atoms with E-state index in [9.17, 15) is 9.59 Å². The summed E-state index contributed by atoms with van der Waals surface area (Å²) >= 11 is 0. The molecule has 0 atom stereocenters. The molecule has 1 aromatic rings. The predicted molar refractivity (Wildman–Crippen MR) is 86.6 cm³/mol. The summed E-state index contributed by atoms with van der Waals surface area (Å²) in [6, 6.07) is 5.81. The first-order chi connectivity index (χ1) is 10.9. The average molecular weight is 320 g/mol. The van der Waals surface area contributed by atoms with Crippen LogP contribution < -0.4 is 15.5 Å². The summed E-state index contributed by atoms with van der Waals surface area (Å²) in [5.74, 6) is 0.399. The van der Waals surface area contributed by atoms with Crippen LogP contribution >= 0.6 is 0 Å². The lowest BCUT2D eigenvalue weighted by atomic mass is 9.78. The zero-order valence-corrected chi connectivity index (χ0v) is 13.6. The van der Waals surface area contributed by atoms with E-state index >= 15 is 0 Å². The Bertz CT molecular complexity index is 584. The molecule has 6 nitrogen and oxygen atoms in total. The molecular weight excluding hydrogens is 296 g/mol. The van der Waals surface area contributed by atoms with Crippen molar-refractivity contribution in [1.82, 2.24) is 5.48 Å². The molecule has 2 amide bonds. The second-order valence-corrected chi connectivity index (χ2v) is 6.51. The SMILES string of the molecule is CC1(C)CC(=O)Nc2cc(OCCCCCC(=O)NO)ccc21. The lowest BCUT2D eigenvalue weighted by molar-refractivity contribution is -0.129. The fraction of sp³-hybridized carbons (Fsp3) is 0.529. The lowest BCUT2D eigenvalue weighted by Gasteiger charge is -2.32. The number of benzene rings is 1. The van der Waals surface area contributed by atoms with Gasteiger partial charge in [-0.25, -0.2) is 5.48 Å². The topological polar surface area (TPSA) is 87.7 Å². The van der Waals surface area contributed by atoms with Gasteiger partial charge < -0.3 is 10.1 Å². The molecule has 1 aliphatic heterocycles. The van der Waals surface area contributed by atoms with E-state index in [2.05, 4.69) is 19.2 Å². The minimum absolute atomic E-state index is 0.0295. The third-order valence-corrected chi connectivity index (χ3v) is 4.04. The Balaban J connectivity index is 1.82. The number of hydroxylamine groups is 1. The Morgan fingerprint density at radius 2 is 2.13 bits per heavy atom. The summed E-state index contributed by atoms with van der Waals surface area (Å²) in [6.07, 6.45) is 3.19. The van der Waals surface area contributed by atoms with Crippen LogP contribution in [0.2, 0.25) is 0 Å². The standard InChI is InChI=1S/C17H24N2O4/c1-17(2)11-16(21)18-14-10-12(7-8-13(14)17)23-9-5-3-4-6-15(20)19-22/h7-8,10,22H,3-6,9,11H2,1-2H3,(H,18,21)(H,19,20). The van der Waals surface area contributed by atoms with Gasteiger partial charge in [-0.15, -0.1) is 0 Å². The van der Waals surface area contributed by atoms with Crippen molar-refractivity contribution in [3.05, 3.63) is 23.8 Å². The highest BCUT2D eigenvalue weighted by Gasteiger charge is 2.31. The summed E-state index contributed by atoms with van der Waals surface area (Å²) < 4.78 is 5.71. The van der Waals surface area contributed by atoms with Crippen LogP contribution in [0, 0.1) is 0 Å². The van der Waals surface area contributed by atoms with Gasteiger partial charge in [0.2, 0.25) is 11.8 Å². The van der Waals surface area contributed by atoms with Crippen LogP contribution in [0.3, 0.4) is 0 Å². The van der Waals surface area contributed by atoms with E-state index in [4.69, 9.17) is 9.94 Å². The molecule has 126 valence electrons. The van der Waals surface area contributed by atoms with Crippen molar-refractivity contribution in [3.8, 4) is 5.75 Å². The van der Waals surface area contributed by atoms with Crippen molar-refractivity contribution in [1.29, 1.82) is 0 Å². The molecule has 3 N–H and O–H groups in total. The lowest BCUT2D eigenvalue weighted by Crippen LogP contribution is -2.32. The molecule has 0 aliphatic carbocycles. The van der Waals surface area contributed by atoms with E-state index in [-0.39, 0.29) is 17.2 Å². The minimum Gasteiger partial charge on any atom is -0.494 e. The summed E-state index contributed by atoms with van der Waals surface area (Å²) in [6.45, 7) is 4.68. The number of nitrogens with one attached hydrogen (secondary N) is 2. The first kappa shape index (κ1) is 17.3. The molecule has 6 heteroatoms. The van der Waals surface area contributed by atoms with Crippen LogP contribution in [0.5, 0.6) is 5.75 Å². The zero-order chi connectivity index (χ0) is 16.9. The maximum absolute atomic E-state index is 11.8. The van der Waals surface area contributed by atoms with Gasteiger partial charge in [-0.05, 0) is 30.9 Å². The molecule has 1 aliphatic rings. The highest BCUT2D eigenvalue weighted by atomic mass is 16.5. The Hall–Kier alpha value is -2.08. The first-order valence-electron chi connectivity index (χ1n) is 7.92. The molecule has 0 saturated heterocycles. The molecule has 2 rings (SSSR count). The summed E-state index contributed by atoms with van der Waals surface area (Å²) in [7, 11) is 0. The Labute approximate surface area is 136 Å². The fourth-order valence-corrected chi connectivity index (χ4v) is 2.81. The van der Waals surface area contributed by atoms with E-state index in [1.807, 2.05) is 18.2 Å². The molecule has 0 radical (unpaired) electrons. The predicted octanol–water partition coefficient (Wildman–Crippen LogP) is 2.75. The fourth-order valence-electron chi connectivity index (χ4n) is 2.81. The summed E-state index contributed by atoms with van der Waals surface area (Å²) in [5, 5.41) is 11.3. The quantitative estimate of drug-likeness (QED) is 0.409. The number of carbonyl (C=O) groups excluding carboxylic acids is 2. The van der Waals surface area contributed by atoms with Crippen LogP contribution in [0.15, 0.2) is 18.2 Å². The van der Waals surface area contributed by atoms with Gasteiger partial charge in [-0.3, -0.25) is 14.8 Å². The van der Waals surface area contributed by atoms with Crippen molar-refractivity contribution >= 4 is 17.5 Å². The van der Waals surface area contributed by atoms with Gasteiger partial charge in [0.15, 0.2) is 0 Å². The molecule has 0 unspecified atom stereocenters. The van der Waals surface area contributed by atoms with Crippen molar-refractivity contribution in [2.24, 2.45) is 0 Å². The molecule has 0 bridgehead atoms. The normalized spacial score (nSPS) is 15.5. The van der Waals surface area contributed by atoms with Crippen LogP contribution in [0.4, 0.5) is 5.69 Å². The largest absolute Gasteiger partial charge is 0.494 e. The van der Waals surface area contributed by atoms with Crippen LogP contribution in [0.25, 0.3) is 0 Å². The van der Waals surface area contributed by atoms with E-state index < -0.39 is 0 Å². The molecule has 1 aromatic carbocycles. The van der Waals surface area contributed by atoms with E-state index in [0.717, 1.165) is 29.8 Å². The number of rotatable bonds is 7. The van der Waals surface area contributed by atoms with Gasteiger partial charge in [-0.2, -0.15) is 0 Å². The highest BCUT2D eigenvalue weighted by Crippen LogP contribution is 2.38. The molecule has 1 heterocycles. The van der Waals surface area contributed by atoms with Crippen molar-refractivity contribution in [3.63, 3.8) is 0 Å². The van der Waals surface area contributed by atoms with Gasteiger partial charge in [0, 0.05) is 30.0 Å². The number of amides is 2. The monoisotopic (exact) mass is 320 g/mol. The van der Waals surface area contributed by atoms with E-state index in [0.29, 0.717) is 25.9 Å². The molecule has 0 fully saturated rings. The molecule has 0 aromatic heterocycles. The molecule has 0 saturated carbocycles. The zero-order valence-electron chi connectivity index (χ0n) is 13.6. The molecular formula is C17H24N2O4. The number of anilines is 1. The Morgan fingerprint density at radius 1 is 1.35 bits per heavy atom. The molecule has 23 heavy (non-hydrogen) atoms. The average Bonchev–Trinajstić information content (AvgIpc) is 2.49. The van der Waals surface area contributed by atoms with E-state index in [1.165, 1.54) is 0 Å². The maximum Gasteiger partial charge on any atom is 0.243 e. The Morgan fingerprint density at radius 3 is 2.87 bits per heavy atom. The summed E-state index contributed by atoms with van der Waals surface area (Å²) in [5.41, 5.74) is 3.40. The van der Waals surface area contributed by atoms with Crippen LogP contribution in [0.1, 0.15) is 51.5 Å². The Kier molecular flexibility index (Phi) is 5.60. The second-order valence-electron chi connectivity index (χ2n) is 6.51. The molecule has 0 spiro atoms. The van der Waals surface area contributed by atoms with Crippen molar-refractivity contribution in [2.45, 2.75) is 51.4 Å². The van der Waals surface area contributed by atoms with Gasteiger partial charge in [0.25, 0.3) is 0 Å². The van der Waals surface area contributed by atoms with Crippen LogP contribution in [-0.4, -0.2) is 23.6 Å². The van der Waals surface area contributed by atoms with Gasteiger partial charge in [0.1, 0.15) is 5.75 Å². The number of hydrogen-bond donors (Lipinski definition) is 3.